The summed E-state index contributed by atoms with van der Waals surface area (Å²) in [6.07, 6.45) is 8.89. The molecule has 3 aliphatic carbocycles. The van der Waals surface area contributed by atoms with Gasteiger partial charge in [0, 0.05) is 0 Å². The Hall–Kier alpha value is -5.16. The van der Waals surface area contributed by atoms with Crippen LogP contribution in [-0.4, -0.2) is 57.8 Å². The molecule has 0 amide bonds. The fourth-order valence-electron chi connectivity index (χ4n) is 16.9. The molecular formula is C75H93F3O9S3. The predicted molar refractivity (Wildman–Crippen MR) is 350 cm³/mol. The molecule has 12 atom stereocenters. The van der Waals surface area contributed by atoms with Gasteiger partial charge in [0.15, 0.2) is 29.5 Å². The highest BCUT2D eigenvalue weighted by Gasteiger charge is 2.59. The van der Waals surface area contributed by atoms with Gasteiger partial charge in [-0.3, -0.25) is 0 Å². The molecule has 486 valence electrons. The smallest absolute Gasteiger partial charge is 0.184 e. The minimum Gasteiger partial charge on any atom is -0.366 e. The molecule has 0 radical (unpaired) electrons. The third-order valence-electron chi connectivity index (χ3n) is 22.0. The molecule has 3 aliphatic heterocycles. The van der Waals surface area contributed by atoms with Gasteiger partial charge in [0.05, 0.1) is 47.2 Å². The predicted octanol–water partition coefficient (Wildman–Crippen LogP) is 18.1. The molecule has 0 N–H and O–H groups in total. The van der Waals surface area contributed by atoms with Gasteiger partial charge in [0.2, 0.25) is 0 Å². The van der Waals surface area contributed by atoms with Gasteiger partial charge in [-0.2, -0.15) is 0 Å². The lowest BCUT2D eigenvalue weighted by Crippen LogP contribution is -2.56. The lowest BCUT2D eigenvalue weighted by atomic mass is 9.59. The van der Waals surface area contributed by atoms with Crippen molar-refractivity contribution in [1.82, 2.24) is 0 Å². The molecule has 3 saturated carbocycles. The van der Waals surface area contributed by atoms with E-state index in [1.807, 2.05) is 57.2 Å². The molecule has 6 fully saturated rings. The summed E-state index contributed by atoms with van der Waals surface area (Å²) in [5.74, 6) is -0.594. The highest BCUT2D eigenvalue weighted by molar-refractivity contribution is 7.92. The van der Waals surface area contributed by atoms with Crippen LogP contribution in [0.15, 0.2) is 160 Å². The van der Waals surface area contributed by atoms with Crippen LogP contribution in [0.3, 0.4) is 0 Å². The molecule has 90 heavy (non-hydrogen) atoms. The lowest BCUT2D eigenvalue weighted by Gasteiger charge is -2.56. The Morgan fingerprint density at radius 2 is 0.533 bits per heavy atom. The summed E-state index contributed by atoms with van der Waals surface area (Å²) in [6, 6.07) is 39.4. The van der Waals surface area contributed by atoms with E-state index in [9.17, 15) is 38.4 Å². The summed E-state index contributed by atoms with van der Waals surface area (Å²) in [7, 11) is -10.9. The van der Waals surface area contributed by atoms with Crippen molar-refractivity contribution < 1.29 is 52.6 Å². The average molecular weight is 1290 g/mol. The van der Waals surface area contributed by atoms with Gasteiger partial charge in [0.1, 0.15) is 35.8 Å². The fourth-order valence-corrected chi connectivity index (χ4v) is 22.4. The standard InChI is InChI=1S/3C25H31FO3S/c3*1-17-6-12-20(13-7-17)30(27,28)21-16-22-24(2,3)14-5-15-25(22,4)29-23(21)18-8-10-19(26)11-9-18/h3*6-13,21-23H,5,14-16H2,1-4H3/t3*21-,22+,23-,25+/m111/s1. The first-order valence-corrected chi connectivity index (χ1v) is 36.9. The zero-order valence-corrected chi connectivity index (χ0v) is 57.0. The fraction of sp³-hybridized carbons (Fsp3) is 0.520. The van der Waals surface area contributed by atoms with Crippen LogP contribution in [0.25, 0.3) is 0 Å². The van der Waals surface area contributed by atoms with Gasteiger partial charge in [-0.15, -0.1) is 0 Å². The van der Waals surface area contributed by atoms with E-state index in [1.54, 1.807) is 72.8 Å². The second kappa shape index (κ2) is 25.3. The van der Waals surface area contributed by atoms with E-state index < -0.39 is 63.6 Å². The Morgan fingerprint density at radius 1 is 0.322 bits per heavy atom. The van der Waals surface area contributed by atoms with Crippen molar-refractivity contribution in [1.29, 1.82) is 0 Å². The molecule has 9 nitrogen and oxygen atoms in total. The van der Waals surface area contributed by atoms with Gasteiger partial charge in [0.25, 0.3) is 0 Å². The quantitative estimate of drug-likeness (QED) is 0.139. The molecule has 3 heterocycles. The zero-order chi connectivity index (χ0) is 65.2. The summed E-state index contributed by atoms with van der Waals surface area (Å²) in [4.78, 5) is 0.975. The Bertz CT molecular complexity index is 3440. The summed E-state index contributed by atoms with van der Waals surface area (Å²) >= 11 is 0. The number of fused-ring (bicyclic) bond motifs is 3. The number of ether oxygens (including phenoxy) is 3. The van der Waals surface area contributed by atoms with Gasteiger partial charge < -0.3 is 14.2 Å². The van der Waals surface area contributed by atoms with Crippen molar-refractivity contribution >= 4 is 29.5 Å². The van der Waals surface area contributed by atoms with Crippen LogP contribution in [-0.2, 0) is 43.7 Å². The second-order valence-electron chi connectivity index (χ2n) is 29.8. The first-order valence-electron chi connectivity index (χ1n) is 32.3. The van der Waals surface area contributed by atoms with Crippen LogP contribution in [0, 0.1) is 72.2 Å². The Morgan fingerprint density at radius 3 is 0.744 bits per heavy atom. The number of benzene rings is 6. The molecule has 6 aromatic carbocycles. The van der Waals surface area contributed by atoms with E-state index in [-0.39, 0.29) is 68.3 Å². The maximum atomic E-state index is 13.8. The van der Waals surface area contributed by atoms with Crippen molar-refractivity contribution in [3.05, 3.63) is 196 Å². The number of hydrogen-bond acceptors (Lipinski definition) is 9. The molecule has 6 aliphatic rings. The van der Waals surface area contributed by atoms with Crippen LogP contribution in [0.5, 0.6) is 0 Å². The zero-order valence-electron chi connectivity index (χ0n) is 54.6. The SMILES string of the molecule is Cc1ccc(S(=O)(=O)[C@@H]2C[C@H]3C(C)(C)CCC[C@]3(C)O[C@@H]2c2ccc(F)cc2)cc1.Cc1ccc(S(=O)(=O)[C@@H]2C[C@H]3C(C)(C)CCC[C@]3(C)O[C@@H]2c2ccc(F)cc2)cc1.Cc1ccc(S(=O)(=O)[C@@H]2C[C@H]3C(C)(C)CCC[C@]3(C)O[C@@H]2c2ccc(F)cc2)cc1. The molecule has 3 saturated heterocycles. The molecular weight excluding hydrogens is 1200 g/mol. The third-order valence-corrected chi connectivity index (χ3v) is 28.5. The number of rotatable bonds is 9. The molecule has 12 rings (SSSR count). The van der Waals surface area contributed by atoms with Crippen molar-refractivity contribution in [2.75, 3.05) is 0 Å². The van der Waals surface area contributed by atoms with Crippen LogP contribution < -0.4 is 0 Å². The summed E-state index contributed by atoms with van der Waals surface area (Å²) in [6.45, 7) is 25.6. The van der Waals surface area contributed by atoms with Crippen LogP contribution in [0.2, 0.25) is 0 Å². The van der Waals surface area contributed by atoms with Crippen molar-refractivity contribution in [2.45, 2.75) is 226 Å². The van der Waals surface area contributed by atoms with E-state index in [0.29, 0.717) is 33.9 Å². The Kier molecular flexibility index (Phi) is 19.0. The van der Waals surface area contributed by atoms with Crippen molar-refractivity contribution in [3.63, 3.8) is 0 Å². The van der Waals surface area contributed by atoms with Crippen molar-refractivity contribution in [3.8, 4) is 0 Å². The number of halogens is 3. The molecule has 0 spiro atoms. The molecule has 0 bridgehead atoms. The van der Waals surface area contributed by atoms with E-state index >= 15 is 0 Å². The lowest BCUT2D eigenvalue weighted by molar-refractivity contribution is -0.199. The summed E-state index contributed by atoms with van der Waals surface area (Å²) < 4.78 is 143. The van der Waals surface area contributed by atoms with E-state index in [4.69, 9.17) is 14.2 Å². The van der Waals surface area contributed by atoms with Gasteiger partial charge >= 0.3 is 0 Å². The van der Waals surface area contributed by atoms with Gasteiger partial charge in [-0.05, 0) is 223 Å². The second-order valence-corrected chi connectivity index (χ2v) is 36.3. The average Bonchev–Trinajstić information content (AvgIpc) is 0.748. The highest BCUT2D eigenvalue weighted by atomic mass is 32.2. The van der Waals surface area contributed by atoms with Crippen LogP contribution in [0.1, 0.15) is 191 Å². The minimum atomic E-state index is -3.63. The van der Waals surface area contributed by atoms with Gasteiger partial charge in [-0.1, -0.05) is 150 Å². The summed E-state index contributed by atoms with van der Waals surface area (Å²) in [5, 5.41) is -2.12. The van der Waals surface area contributed by atoms with E-state index in [2.05, 4.69) is 62.3 Å². The van der Waals surface area contributed by atoms with E-state index in [1.165, 1.54) is 36.4 Å². The number of sulfone groups is 3. The normalized spacial score (nSPS) is 31.2. The first-order chi connectivity index (χ1) is 42.1. The topological polar surface area (TPSA) is 130 Å². The molecule has 15 heteroatoms. The van der Waals surface area contributed by atoms with Crippen LogP contribution in [0.4, 0.5) is 13.2 Å². The van der Waals surface area contributed by atoms with E-state index in [0.717, 1.165) is 91.2 Å². The highest BCUT2D eigenvalue weighted by Crippen LogP contribution is 2.60. The first kappa shape index (κ1) is 67.7. The largest absolute Gasteiger partial charge is 0.366 e. The maximum Gasteiger partial charge on any atom is 0.184 e. The monoisotopic (exact) mass is 1290 g/mol. The van der Waals surface area contributed by atoms with Gasteiger partial charge in [-0.25, -0.2) is 38.4 Å². The Labute approximate surface area is 535 Å². The minimum absolute atomic E-state index is 0.00180. The number of aryl methyl sites for hydroxylation is 3. The third kappa shape index (κ3) is 13.6. The van der Waals surface area contributed by atoms with Crippen molar-refractivity contribution in [2.24, 2.45) is 34.0 Å². The Balaban J connectivity index is 0.000000148. The summed E-state index contributed by atoms with van der Waals surface area (Å²) in [5.41, 5.74) is 4.06. The molecule has 0 aromatic heterocycles. The number of hydrogen-bond donors (Lipinski definition) is 0. The van der Waals surface area contributed by atoms with Crippen LogP contribution >= 0.6 is 0 Å². The molecule has 6 aromatic rings. The maximum absolute atomic E-state index is 13.8. The molecule has 0 unspecified atom stereocenters.